The van der Waals surface area contributed by atoms with Crippen molar-refractivity contribution in [2.45, 2.75) is 65.3 Å². The predicted molar refractivity (Wildman–Crippen MR) is 70.7 cm³/mol. The van der Waals surface area contributed by atoms with Crippen LogP contribution in [0.3, 0.4) is 0 Å². The van der Waals surface area contributed by atoms with Gasteiger partial charge in [-0.25, -0.2) is 0 Å². The maximum Gasteiger partial charge on any atom is 0.153 e. The van der Waals surface area contributed by atoms with E-state index in [2.05, 4.69) is 32.6 Å². The Morgan fingerprint density at radius 2 is 1.69 bits per heavy atom. The van der Waals surface area contributed by atoms with Crippen LogP contribution in [0.4, 0.5) is 0 Å². The van der Waals surface area contributed by atoms with E-state index in [1.165, 1.54) is 0 Å². The van der Waals surface area contributed by atoms with E-state index in [-0.39, 0.29) is 5.54 Å². The topological polar surface area (TPSA) is 20.3 Å². The second-order valence-electron chi connectivity index (χ2n) is 5.34. The van der Waals surface area contributed by atoms with Gasteiger partial charge < -0.3 is 0 Å². The zero-order chi connectivity index (χ0) is 12.8. The molecule has 0 rings (SSSR count). The molecule has 0 radical (unpaired) electrons. The first-order chi connectivity index (χ1) is 7.40. The molecule has 0 aromatic rings. The molecule has 2 nitrogen and oxygen atoms in total. The fraction of sp³-hybridized carbons (Fsp3) is 0.929. The van der Waals surface area contributed by atoms with Crippen molar-refractivity contribution >= 4 is 5.78 Å². The first-order valence-electron chi connectivity index (χ1n) is 6.61. The fourth-order valence-electron chi connectivity index (χ4n) is 2.43. The van der Waals surface area contributed by atoms with Gasteiger partial charge in [0.05, 0.1) is 5.54 Å². The van der Waals surface area contributed by atoms with E-state index in [4.69, 9.17) is 0 Å². The van der Waals surface area contributed by atoms with Crippen LogP contribution in [0.5, 0.6) is 0 Å². The highest BCUT2D eigenvalue weighted by molar-refractivity contribution is 5.88. The molecule has 0 bridgehead atoms. The van der Waals surface area contributed by atoms with Gasteiger partial charge in [-0.15, -0.1) is 0 Å². The lowest BCUT2D eigenvalue weighted by molar-refractivity contribution is -0.130. The second kappa shape index (κ2) is 7.05. The van der Waals surface area contributed by atoms with E-state index < -0.39 is 0 Å². The van der Waals surface area contributed by atoms with Crippen LogP contribution in [-0.2, 0) is 4.79 Å². The number of hydrogen-bond acceptors (Lipinski definition) is 2. The number of rotatable bonds is 8. The van der Waals surface area contributed by atoms with Crippen molar-refractivity contribution in [1.29, 1.82) is 0 Å². The van der Waals surface area contributed by atoms with Crippen LogP contribution in [0.15, 0.2) is 0 Å². The minimum absolute atomic E-state index is 0.225. The number of Topliss-reactive ketones (excluding diaryl/α,β-unsaturated/α-hetero) is 1. The molecule has 96 valence electrons. The van der Waals surface area contributed by atoms with Crippen molar-refractivity contribution in [2.75, 3.05) is 14.1 Å². The molecule has 0 aromatic carbocycles. The van der Waals surface area contributed by atoms with E-state index in [1.54, 1.807) is 0 Å². The molecule has 16 heavy (non-hydrogen) atoms. The fourth-order valence-corrected chi connectivity index (χ4v) is 2.43. The van der Waals surface area contributed by atoms with Crippen LogP contribution < -0.4 is 0 Å². The first kappa shape index (κ1) is 15.6. The molecule has 2 heteroatoms. The number of likely N-dealkylation sites (N-methyl/N-ethyl adjacent to an activating group) is 1. The molecular weight excluding hydrogens is 198 g/mol. The molecule has 0 aliphatic heterocycles. The first-order valence-corrected chi connectivity index (χ1v) is 6.61. The Balaban J connectivity index is 4.40. The van der Waals surface area contributed by atoms with Gasteiger partial charge in [0.1, 0.15) is 0 Å². The summed E-state index contributed by atoms with van der Waals surface area (Å²) in [5.41, 5.74) is -0.225. The van der Waals surface area contributed by atoms with E-state index >= 15 is 0 Å². The van der Waals surface area contributed by atoms with E-state index in [0.29, 0.717) is 11.7 Å². The Bertz CT molecular complexity index is 205. The Morgan fingerprint density at radius 3 is 2.00 bits per heavy atom. The Labute approximate surface area is 101 Å². The van der Waals surface area contributed by atoms with Crippen LogP contribution in [0.1, 0.15) is 59.8 Å². The molecule has 0 amide bonds. The summed E-state index contributed by atoms with van der Waals surface area (Å²) in [6.45, 7) is 8.65. The van der Waals surface area contributed by atoms with Crippen molar-refractivity contribution in [1.82, 2.24) is 4.90 Å². The van der Waals surface area contributed by atoms with Gasteiger partial charge in [0.2, 0.25) is 0 Å². The molecule has 0 aromatic heterocycles. The van der Waals surface area contributed by atoms with Gasteiger partial charge in [0, 0.05) is 6.42 Å². The summed E-state index contributed by atoms with van der Waals surface area (Å²) < 4.78 is 0. The molecule has 0 fully saturated rings. The number of hydrogen-bond donors (Lipinski definition) is 0. The van der Waals surface area contributed by atoms with E-state index in [1.807, 2.05) is 14.1 Å². The number of carbonyl (C=O) groups excluding carboxylic acids is 1. The molecular formula is C14H29NO. The lowest BCUT2D eigenvalue weighted by Gasteiger charge is -2.37. The third kappa shape index (κ3) is 3.89. The summed E-state index contributed by atoms with van der Waals surface area (Å²) >= 11 is 0. The van der Waals surface area contributed by atoms with Crippen LogP contribution in [0.25, 0.3) is 0 Å². The Hall–Kier alpha value is -0.370. The second-order valence-corrected chi connectivity index (χ2v) is 5.34. The molecule has 0 aliphatic rings. The number of ketones is 1. The van der Waals surface area contributed by atoms with Gasteiger partial charge >= 0.3 is 0 Å². The highest BCUT2D eigenvalue weighted by atomic mass is 16.1. The zero-order valence-corrected chi connectivity index (χ0v) is 12.0. The smallest absolute Gasteiger partial charge is 0.153 e. The average molecular weight is 227 g/mol. The maximum atomic E-state index is 12.3. The Morgan fingerprint density at radius 1 is 1.19 bits per heavy atom. The molecule has 0 unspecified atom stereocenters. The third-order valence-electron chi connectivity index (χ3n) is 3.73. The van der Waals surface area contributed by atoms with E-state index in [9.17, 15) is 4.79 Å². The quantitative estimate of drug-likeness (QED) is 0.632. The summed E-state index contributed by atoms with van der Waals surface area (Å²) in [6.07, 6.45) is 4.75. The number of carbonyl (C=O) groups is 1. The summed E-state index contributed by atoms with van der Waals surface area (Å²) in [5.74, 6) is 1.12. The molecule has 0 spiro atoms. The zero-order valence-electron chi connectivity index (χ0n) is 12.0. The summed E-state index contributed by atoms with van der Waals surface area (Å²) in [4.78, 5) is 14.4. The van der Waals surface area contributed by atoms with Gasteiger partial charge in [-0.05, 0) is 39.3 Å². The third-order valence-corrected chi connectivity index (χ3v) is 3.73. The van der Waals surface area contributed by atoms with Crippen LogP contribution in [-0.4, -0.2) is 30.3 Å². The van der Waals surface area contributed by atoms with Crippen molar-refractivity contribution in [3.63, 3.8) is 0 Å². The summed E-state index contributed by atoms with van der Waals surface area (Å²) in [5, 5.41) is 0. The Kier molecular flexibility index (Phi) is 6.89. The molecule has 0 saturated heterocycles. The maximum absolute atomic E-state index is 12.3. The molecule has 0 N–H and O–H groups in total. The standard InChI is InChI=1S/C14H29NO/c1-7-14(8-2,15(5)6)13(16)11-9-10-12(3)4/h12H,7-11H2,1-6H3. The molecule has 0 heterocycles. The molecule has 0 atom stereocenters. The van der Waals surface area contributed by atoms with Gasteiger partial charge in [-0.1, -0.05) is 34.1 Å². The average Bonchev–Trinajstić information content (AvgIpc) is 2.19. The number of nitrogens with zero attached hydrogens (tertiary/aromatic N) is 1. The van der Waals surface area contributed by atoms with Gasteiger partial charge in [-0.3, -0.25) is 9.69 Å². The highest BCUT2D eigenvalue weighted by Crippen LogP contribution is 2.25. The SMILES string of the molecule is CCC(CC)(C(=O)CCCC(C)C)N(C)C. The molecule has 0 saturated carbocycles. The van der Waals surface area contributed by atoms with Crippen LogP contribution in [0.2, 0.25) is 0 Å². The highest BCUT2D eigenvalue weighted by Gasteiger charge is 2.35. The lowest BCUT2D eigenvalue weighted by atomic mass is 9.84. The van der Waals surface area contributed by atoms with Crippen molar-refractivity contribution in [2.24, 2.45) is 5.92 Å². The summed E-state index contributed by atoms with van der Waals surface area (Å²) in [6, 6.07) is 0. The predicted octanol–water partition coefficient (Wildman–Crippen LogP) is 3.50. The minimum atomic E-state index is -0.225. The molecule has 0 aliphatic carbocycles. The van der Waals surface area contributed by atoms with Gasteiger partial charge in [0.25, 0.3) is 0 Å². The van der Waals surface area contributed by atoms with Crippen LogP contribution in [0, 0.1) is 5.92 Å². The normalized spacial score (nSPS) is 12.5. The van der Waals surface area contributed by atoms with Crippen molar-refractivity contribution in [3.8, 4) is 0 Å². The summed E-state index contributed by atoms with van der Waals surface area (Å²) in [7, 11) is 4.04. The minimum Gasteiger partial charge on any atom is -0.298 e. The van der Waals surface area contributed by atoms with Crippen molar-refractivity contribution < 1.29 is 4.79 Å². The lowest BCUT2D eigenvalue weighted by Crippen LogP contribution is -2.50. The largest absolute Gasteiger partial charge is 0.298 e. The van der Waals surface area contributed by atoms with Gasteiger partial charge in [-0.2, -0.15) is 0 Å². The van der Waals surface area contributed by atoms with Gasteiger partial charge in [0.15, 0.2) is 5.78 Å². The van der Waals surface area contributed by atoms with Crippen molar-refractivity contribution in [3.05, 3.63) is 0 Å². The van der Waals surface area contributed by atoms with E-state index in [0.717, 1.165) is 32.1 Å². The monoisotopic (exact) mass is 227 g/mol. The van der Waals surface area contributed by atoms with Crippen LogP contribution >= 0.6 is 0 Å².